The Labute approximate surface area is 149 Å². The van der Waals surface area contributed by atoms with Crippen LogP contribution in [0.4, 0.5) is 0 Å². The number of nitrogens with zero attached hydrogens (tertiary/aromatic N) is 1. The van der Waals surface area contributed by atoms with Crippen LogP contribution in [-0.4, -0.2) is 48.8 Å². The number of rotatable bonds is 4. The van der Waals surface area contributed by atoms with Crippen LogP contribution in [0, 0.1) is 5.92 Å². The van der Waals surface area contributed by atoms with Crippen molar-refractivity contribution in [3.05, 3.63) is 29.8 Å². The van der Waals surface area contributed by atoms with E-state index in [4.69, 9.17) is 9.47 Å². The van der Waals surface area contributed by atoms with Crippen LogP contribution in [0.1, 0.15) is 37.7 Å². The molecule has 2 atom stereocenters. The third-order valence-corrected chi connectivity index (χ3v) is 5.57. The summed E-state index contributed by atoms with van der Waals surface area (Å²) < 4.78 is 10.5. The molecule has 1 saturated carbocycles. The fourth-order valence-electron chi connectivity index (χ4n) is 4.00. The minimum Gasteiger partial charge on any atom is -0.493 e. The Morgan fingerprint density at radius 2 is 2.04 bits per heavy atom. The first-order chi connectivity index (χ1) is 12.1. The normalized spacial score (nSPS) is 26.4. The van der Waals surface area contributed by atoms with E-state index in [1.165, 1.54) is 0 Å². The quantitative estimate of drug-likeness (QED) is 0.853. The van der Waals surface area contributed by atoms with Gasteiger partial charge < -0.3 is 19.5 Å². The highest BCUT2D eigenvalue weighted by Crippen LogP contribution is 2.39. The molecule has 1 heterocycles. The number of aliphatic hydroxyl groups is 1. The SMILES string of the molecule is COc1ccc(/C=C/C(=O)N2CC[C@]3(O)CCCC[C@H]3C2)cc1OC. The van der Waals surface area contributed by atoms with E-state index in [-0.39, 0.29) is 11.8 Å². The Morgan fingerprint density at radius 3 is 2.80 bits per heavy atom. The third kappa shape index (κ3) is 3.82. The number of ether oxygens (including phenoxy) is 2. The van der Waals surface area contributed by atoms with E-state index in [0.717, 1.165) is 31.2 Å². The van der Waals surface area contributed by atoms with Crippen molar-refractivity contribution in [3.8, 4) is 11.5 Å². The molecule has 0 bridgehead atoms. The van der Waals surface area contributed by atoms with E-state index in [2.05, 4.69) is 0 Å². The van der Waals surface area contributed by atoms with Crippen molar-refractivity contribution in [1.82, 2.24) is 4.90 Å². The third-order valence-electron chi connectivity index (χ3n) is 5.57. The van der Waals surface area contributed by atoms with Crippen molar-refractivity contribution in [2.24, 2.45) is 5.92 Å². The van der Waals surface area contributed by atoms with Crippen LogP contribution in [-0.2, 0) is 4.79 Å². The maximum absolute atomic E-state index is 12.5. The summed E-state index contributed by atoms with van der Waals surface area (Å²) in [5.41, 5.74) is 0.333. The van der Waals surface area contributed by atoms with Crippen LogP contribution in [0.25, 0.3) is 6.08 Å². The van der Waals surface area contributed by atoms with E-state index in [1.807, 2.05) is 23.1 Å². The highest BCUT2D eigenvalue weighted by atomic mass is 16.5. The van der Waals surface area contributed by atoms with E-state index >= 15 is 0 Å². The highest BCUT2D eigenvalue weighted by Gasteiger charge is 2.43. The number of carbonyl (C=O) groups excluding carboxylic acids is 1. The van der Waals surface area contributed by atoms with Gasteiger partial charge >= 0.3 is 0 Å². The minimum atomic E-state index is -0.553. The van der Waals surface area contributed by atoms with Gasteiger partial charge in [0.1, 0.15) is 0 Å². The zero-order valence-corrected chi connectivity index (χ0v) is 15.0. The molecule has 3 rings (SSSR count). The molecule has 1 aliphatic heterocycles. The molecule has 1 N–H and O–H groups in total. The number of methoxy groups -OCH3 is 2. The lowest BCUT2D eigenvalue weighted by atomic mass is 9.71. The van der Waals surface area contributed by atoms with Gasteiger partial charge in [0.2, 0.25) is 5.91 Å². The summed E-state index contributed by atoms with van der Waals surface area (Å²) in [5, 5.41) is 10.7. The van der Waals surface area contributed by atoms with Crippen LogP contribution < -0.4 is 9.47 Å². The van der Waals surface area contributed by atoms with Gasteiger partial charge in [-0.1, -0.05) is 18.9 Å². The number of fused-ring (bicyclic) bond motifs is 1. The summed E-state index contributed by atoms with van der Waals surface area (Å²) in [7, 11) is 3.19. The van der Waals surface area contributed by atoms with Gasteiger partial charge in [-0.05, 0) is 43.0 Å². The lowest BCUT2D eigenvalue weighted by Gasteiger charge is -2.47. The molecule has 1 aromatic rings. The van der Waals surface area contributed by atoms with Gasteiger partial charge in [0.25, 0.3) is 0 Å². The van der Waals surface area contributed by atoms with E-state index in [1.54, 1.807) is 26.4 Å². The molecule has 1 amide bonds. The number of piperidine rings is 1. The first-order valence-electron chi connectivity index (χ1n) is 8.97. The Morgan fingerprint density at radius 1 is 1.24 bits per heavy atom. The van der Waals surface area contributed by atoms with E-state index < -0.39 is 5.60 Å². The number of hydrogen-bond donors (Lipinski definition) is 1. The Kier molecular flexibility index (Phi) is 5.33. The molecule has 1 saturated heterocycles. The molecule has 5 nitrogen and oxygen atoms in total. The molecule has 1 aliphatic carbocycles. The van der Waals surface area contributed by atoms with E-state index in [0.29, 0.717) is 31.0 Å². The predicted molar refractivity (Wildman–Crippen MR) is 96.7 cm³/mol. The number of carbonyl (C=O) groups is 1. The fourth-order valence-corrected chi connectivity index (χ4v) is 4.00. The van der Waals surface area contributed by atoms with Gasteiger partial charge in [0.05, 0.1) is 19.8 Å². The largest absolute Gasteiger partial charge is 0.493 e. The molecule has 0 unspecified atom stereocenters. The highest BCUT2D eigenvalue weighted by molar-refractivity contribution is 5.92. The van der Waals surface area contributed by atoms with Crippen LogP contribution in [0.3, 0.4) is 0 Å². The number of hydrogen-bond acceptors (Lipinski definition) is 4. The van der Waals surface area contributed by atoms with Crippen molar-refractivity contribution in [1.29, 1.82) is 0 Å². The summed E-state index contributed by atoms with van der Waals surface area (Å²) in [6, 6.07) is 5.56. The van der Waals surface area contributed by atoms with Gasteiger partial charge in [-0.3, -0.25) is 4.79 Å². The van der Waals surface area contributed by atoms with Crippen molar-refractivity contribution in [2.75, 3.05) is 27.3 Å². The van der Waals surface area contributed by atoms with Crippen molar-refractivity contribution in [3.63, 3.8) is 0 Å². The van der Waals surface area contributed by atoms with Crippen molar-refractivity contribution < 1.29 is 19.4 Å². The van der Waals surface area contributed by atoms with Gasteiger partial charge in [-0.25, -0.2) is 0 Å². The molecule has 0 aromatic heterocycles. The topological polar surface area (TPSA) is 59.0 Å². The summed E-state index contributed by atoms with van der Waals surface area (Å²) in [6.45, 7) is 1.29. The molecule has 1 aromatic carbocycles. The minimum absolute atomic E-state index is 0.00223. The number of amides is 1. The van der Waals surface area contributed by atoms with Crippen molar-refractivity contribution >= 4 is 12.0 Å². The van der Waals surface area contributed by atoms with Crippen molar-refractivity contribution in [2.45, 2.75) is 37.7 Å². The van der Waals surface area contributed by atoms with Crippen LogP contribution >= 0.6 is 0 Å². The lowest BCUT2D eigenvalue weighted by molar-refractivity contribution is -0.138. The summed E-state index contributed by atoms with van der Waals surface area (Å²) >= 11 is 0. The standard InChI is InChI=1S/C20H27NO4/c1-24-17-8-6-15(13-18(17)25-2)7-9-19(22)21-12-11-20(23)10-4-3-5-16(20)14-21/h6-9,13,16,23H,3-5,10-12,14H2,1-2H3/b9-7+/t16-,20+/m0/s1. The number of likely N-dealkylation sites (tertiary alicyclic amines) is 1. The first kappa shape index (κ1) is 17.8. The van der Waals surface area contributed by atoms with Crippen LogP contribution in [0.2, 0.25) is 0 Å². The molecule has 0 spiro atoms. The summed E-state index contributed by atoms with van der Waals surface area (Å²) in [5.74, 6) is 1.52. The predicted octanol–water partition coefficient (Wildman–Crippen LogP) is 2.87. The molecule has 25 heavy (non-hydrogen) atoms. The second-order valence-corrected chi connectivity index (χ2v) is 7.03. The summed E-state index contributed by atoms with van der Waals surface area (Å²) in [4.78, 5) is 14.4. The van der Waals surface area contributed by atoms with Gasteiger partial charge in [-0.2, -0.15) is 0 Å². The van der Waals surface area contributed by atoms with Crippen LogP contribution in [0.5, 0.6) is 11.5 Å². The zero-order valence-electron chi connectivity index (χ0n) is 15.0. The van der Waals surface area contributed by atoms with Gasteiger partial charge in [0.15, 0.2) is 11.5 Å². The zero-order chi connectivity index (χ0) is 17.9. The maximum Gasteiger partial charge on any atom is 0.246 e. The molecule has 0 radical (unpaired) electrons. The molecular weight excluding hydrogens is 318 g/mol. The van der Waals surface area contributed by atoms with Crippen LogP contribution in [0.15, 0.2) is 24.3 Å². The average molecular weight is 345 g/mol. The Bertz CT molecular complexity index is 657. The maximum atomic E-state index is 12.5. The molecule has 136 valence electrons. The van der Waals surface area contributed by atoms with E-state index in [9.17, 15) is 9.90 Å². The molecule has 5 heteroatoms. The smallest absolute Gasteiger partial charge is 0.246 e. The van der Waals surface area contributed by atoms with Gasteiger partial charge in [-0.15, -0.1) is 0 Å². The number of benzene rings is 1. The molecule has 2 fully saturated rings. The second-order valence-electron chi connectivity index (χ2n) is 7.03. The van der Waals surface area contributed by atoms with Gasteiger partial charge in [0, 0.05) is 25.1 Å². The lowest BCUT2D eigenvalue weighted by Crippen LogP contribution is -2.54. The summed E-state index contributed by atoms with van der Waals surface area (Å²) in [6.07, 6.45) is 8.23. The average Bonchev–Trinajstić information content (AvgIpc) is 2.65. The second kappa shape index (κ2) is 7.48. The molecular formula is C20H27NO4. The monoisotopic (exact) mass is 345 g/mol. The Balaban J connectivity index is 1.65. The Hall–Kier alpha value is -2.01. The first-order valence-corrected chi connectivity index (χ1v) is 8.97. The molecule has 2 aliphatic rings. The fraction of sp³-hybridized carbons (Fsp3) is 0.550.